The van der Waals surface area contributed by atoms with Crippen molar-refractivity contribution in [2.24, 2.45) is 5.73 Å². The Hall–Kier alpha value is -1.59. The van der Waals surface area contributed by atoms with Crippen molar-refractivity contribution in [2.75, 3.05) is 0 Å². The van der Waals surface area contributed by atoms with Gasteiger partial charge in [-0.15, -0.1) is 0 Å². The minimum absolute atomic E-state index is 0.0462. The maximum atomic E-state index is 10.4. The number of aromatic hydroxyl groups is 1. The molecule has 0 fully saturated rings. The zero-order chi connectivity index (χ0) is 10.7. The summed E-state index contributed by atoms with van der Waals surface area (Å²) in [6.07, 6.45) is -1.27. The summed E-state index contributed by atoms with van der Waals surface area (Å²) in [6.45, 7) is 0. The van der Waals surface area contributed by atoms with Gasteiger partial charge >= 0.3 is 5.97 Å². The fourth-order valence-corrected chi connectivity index (χ4v) is 1.01. The van der Waals surface area contributed by atoms with Gasteiger partial charge in [-0.3, -0.25) is 4.79 Å². The number of aliphatic hydroxyl groups is 1. The Labute approximate surface area is 80.4 Å². The van der Waals surface area contributed by atoms with E-state index in [-0.39, 0.29) is 5.75 Å². The van der Waals surface area contributed by atoms with Crippen LogP contribution in [-0.4, -0.2) is 27.3 Å². The maximum absolute atomic E-state index is 10.4. The van der Waals surface area contributed by atoms with Crippen LogP contribution >= 0.6 is 0 Å². The number of aliphatic hydroxyl groups excluding tert-OH is 1. The lowest BCUT2D eigenvalue weighted by Crippen LogP contribution is -2.36. The Morgan fingerprint density at radius 1 is 1.29 bits per heavy atom. The van der Waals surface area contributed by atoms with E-state index < -0.39 is 18.1 Å². The van der Waals surface area contributed by atoms with E-state index in [2.05, 4.69) is 0 Å². The summed E-state index contributed by atoms with van der Waals surface area (Å²) in [6, 6.07) is 4.19. The highest BCUT2D eigenvalue weighted by Gasteiger charge is 2.23. The van der Waals surface area contributed by atoms with Crippen LogP contribution in [0.25, 0.3) is 0 Å². The topological polar surface area (TPSA) is 104 Å². The summed E-state index contributed by atoms with van der Waals surface area (Å²) >= 11 is 0. The predicted octanol–water partition coefficient (Wildman–Crippen LogP) is -0.163. The predicted molar refractivity (Wildman–Crippen MR) is 48.7 cm³/mol. The second kappa shape index (κ2) is 4.08. The van der Waals surface area contributed by atoms with Gasteiger partial charge in [0.05, 0.1) is 0 Å². The molecule has 0 unspecified atom stereocenters. The molecule has 76 valence electrons. The second-order valence-corrected chi connectivity index (χ2v) is 2.90. The van der Waals surface area contributed by atoms with Crippen LogP contribution in [0.4, 0.5) is 0 Å². The van der Waals surface area contributed by atoms with E-state index in [4.69, 9.17) is 15.9 Å². The average molecular weight is 197 g/mol. The summed E-state index contributed by atoms with van der Waals surface area (Å²) < 4.78 is 0. The molecule has 0 radical (unpaired) electrons. The molecule has 1 rings (SSSR count). The first-order valence-electron chi connectivity index (χ1n) is 3.97. The van der Waals surface area contributed by atoms with Crippen LogP contribution in [-0.2, 0) is 4.79 Å². The molecule has 0 aliphatic heterocycles. The van der Waals surface area contributed by atoms with Gasteiger partial charge in [0.25, 0.3) is 0 Å². The molecule has 1 aromatic carbocycles. The number of carbonyl (C=O) groups is 1. The summed E-state index contributed by atoms with van der Waals surface area (Å²) in [5.74, 6) is -1.23. The minimum atomic E-state index is -1.36. The molecule has 0 aliphatic rings. The summed E-state index contributed by atoms with van der Waals surface area (Å²) in [7, 11) is 0. The largest absolute Gasteiger partial charge is 0.508 e. The number of hydrogen-bond donors (Lipinski definition) is 4. The molecule has 1 aromatic rings. The van der Waals surface area contributed by atoms with Gasteiger partial charge in [0, 0.05) is 0 Å². The highest BCUT2D eigenvalue weighted by atomic mass is 16.4. The number of carboxylic acid groups (broad SMARTS) is 1. The third kappa shape index (κ3) is 2.21. The van der Waals surface area contributed by atoms with Crippen molar-refractivity contribution in [1.82, 2.24) is 0 Å². The van der Waals surface area contributed by atoms with Gasteiger partial charge in [0.15, 0.2) is 0 Å². The molecule has 5 N–H and O–H groups in total. The number of benzene rings is 1. The zero-order valence-electron chi connectivity index (χ0n) is 7.29. The summed E-state index contributed by atoms with van der Waals surface area (Å²) in [4.78, 5) is 10.4. The van der Waals surface area contributed by atoms with Crippen LogP contribution in [0.3, 0.4) is 0 Å². The summed E-state index contributed by atoms with van der Waals surface area (Å²) in [5, 5.41) is 27.0. The molecule has 0 bridgehead atoms. The lowest BCUT2D eigenvalue weighted by atomic mass is 10.0. The fourth-order valence-electron chi connectivity index (χ4n) is 1.01. The van der Waals surface area contributed by atoms with Crippen molar-refractivity contribution in [3.8, 4) is 5.75 Å². The number of hydrogen-bond acceptors (Lipinski definition) is 4. The maximum Gasteiger partial charge on any atom is 0.323 e. The minimum Gasteiger partial charge on any atom is -0.508 e. The van der Waals surface area contributed by atoms with Crippen LogP contribution in [0, 0.1) is 0 Å². The number of phenols is 1. The third-order valence-electron chi connectivity index (χ3n) is 1.86. The Balaban J connectivity index is 2.84. The number of aliphatic carboxylic acids is 1. The van der Waals surface area contributed by atoms with Crippen molar-refractivity contribution in [3.63, 3.8) is 0 Å². The van der Waals surface area contributed by atoms with E-state index in [0.717, 1.165) is 0 Å². The highest BCUT2D eigenvalue weighted by molar-refractivity contribution is 5.74. The quantitative estimate of drug-likeness (QED) is 0.539. The molecule has 0 heterocycles. The van der Waals surface area contributed by atoms with Gasteiger partial charge in [-0.05, 0) is 17.7 Å². The lowest BCUT2D eigenvalue weighted by molar-refractivity contribution is -0.141. The van der Waals surface area contributed by atoms with E-state index in [1.807, 2.05) is 0 Å². The Morgan fingerprint density at radius 3 is 2.21 bits per heavy atom. The highest BCUT2D eigenvalue weighted by Crippen LogP contribution is 2.18. The summed E-state index contributed by atoms with van der Waals surface area (Å²) in [5.41, 5.74) is 5.58. The first-order valence-corrected chi connectivity index (χ1v) is 3.97. The third-order valence-corrected chi connectivity index (χ3v) is 1.86. The van der Waals surface area contributed by atoms with Crippen molar-refractivity contribution < 1.29 is 20.1 Å². The smallest absolute Gasteiger partial charge is 0.323 e. The SMILES string of the molecule is N[C@@H](C(=O)O)[C@H](O)c1ccc(O)cc1. The molecular formula is C9H11NO4. The molecular weight excluding hydrogens is 186 g/mol. The number of nitrogens with two attached hydrogens (primary N) is 1. The molecule has 0 saturated carbocycles. The van der Waals surface area contributed by atoms with Crippen LogP contribution < -0.4 is 5.73 Å². The number of carboxylic acids is 1. The normalized spacial score (nSPS) is 14.7. The van der Waals surface area contributed by atoms with Gasteiger partial charge < -0.3 is 21.1 Å². The standard InChI is InChI=1S/C9H11NO4/c10-7(9(13)14)8(12)5-1-3-6(11)4-2-5/h1-4,7-8,11-12H,10H2,(H,13,14)/t7-,8-/m1/s1. The molecule has 0 aromatic heterocycles. The molecule has 0 spiro atoms. The molecule has 0 aliphatic carbocycles. The molecule has 5 heteroatoms. The molecule has 0 amide bonds. The molecule has 14 heavy (non-hydrogen) atoms. The van der Waals surface area contributed by atoms with Gasteiger partial charge in [0.1, 0.15) is 17.9 Å². The van der Waals surface area contributed by atoms with Crippen LogP contribution in [0.2, 0.25) is 0 Å². The van der Waals surface area contributed by atoms with Crippen molar-refractivity contribution in [3.05, 3.63) is 29.8 Å². The van der Waals surface area contributed by atoms with Gasteiger partial charge in [0.2, 0.25) is 0 Å². The monoisotopic (exact) mass is 197 g/mol. The Kier molecular flexibility index (Phi) is 3.06. The average Bonchev–Trinajstić information content (AvgIpc) is 2.16. The molecule has 2 atom stereocenters. The molecule has 0 saturated heterocycles. The lowest BCUT2D eigenvalue weighted by Gasteiger charge is -2.14. The zero-order valence-corrected chi connectivity index (χ0v) is 7.29. The Bertz CT molecular complexity index is 322. The van der Waals surface area contributed by atoms with Crippen molar-refractivity contribution in [2.45, 2.75) is 12.1 Å². The van der Waals surface area contributed by atoms with E-state index in [1.165, 1.54) is 24.3 Å². The van der Waals surface area contributed by atoms with Crippen molar-refractivity contribution >= 4 is 5.97 Å². The first-order chi connectivity index (χ1) is 6.52. The second-order valence-electron chi connectivity index (χ2n) is 2.90. The Morgan fingerprint density at radius 2 is 1.79 bits per heavy atom. The van der Waals surface area contributed by atoms with Crippen molar-refractivity contribution in [1.29, 1.82) is 0 Å². The van der Waals surface area contributed by atoms with Crippen LogP contribution in [0.1, 0.15) is 11.7 Å². The fraction of sp³-hybridized carbons (Fsp3) is 0.222. The van der Waals surface area contributed by atoms with E-state index in [1.54, 1.807) is 0 Å². The van der Waals surface area contributed by atoms with E-state index in [9.17, 15) is 9.90 Å². The van der Waals surface area contributed by atoms with Crippen LogP contribution in [0.15, 0.2) is 24.3 Å². The molecule has 5 nitrogen and oxygen atoms in total. The van der Waals surface area contributed by atoms with Crippen LogP contribution in [0.5, 0.6) is 5.75 Å². The van der Waals surface area contributed by atoms with E-state index >= 15 is 0 Å². The number of phenolic OH excluding ortho intramolecular Hbond substituents is 1. The first kappa shape index (κ1) is 10.5. The van der Waals surface area contributed by atoms with Gasteiger partial charge in [-0.2, -0.15) is 0 Å². The van der Waals surface area contributed by atoms with E-state index in [0.29, 0.717) is 5.56 Å². The van der Waals surface area contributed by atoms with Gasteiger partial charge in [-0.1, -0.05) is 12.1 Å². The van der Waals surface area contributed by atoms with Gasteiger partial charge in [-0.25, -0.2) is 0 Å². The number of rotatable bonds is 3.